The minimum atomic E-state index is -0.238. The van der Waals surface area contributed by atoms with Gasteiger partial charge in [0.25, 0.3) is 0 Å². The first kappa shape index (κ1) is 16.2. The van der Waals surface area contributed by atoms with E-state index in [9.17, 15) is 4.39 Å². The summed E-state index contributed by atoms with van der Waals surface area (Å²) in [5.74, 6) is 1.19. The summed E-state index contributed by atoms with van der Waals surface area (Å²) in [4.78, 5) is 4.72. The third-order valence-corrected chi connectivity index (χ3v) is 4.23. The van der Waals surface area contributed by atoms with Crippen LogP contribution in [-0.4, -0.2) is 50.6 Å². The summed E-state index contributed by atoms with van der Waals surface area (Å²) in [6, 6.07) is 4.84. The van der Waals surface area contributed by atoms with Gasteiger partial charge >= 0.3 is 0 Å². The lowest BCUT2D eigenvalue weighted by Crippen LogP contribution is -2.36. The molecule has 118 valence electrons. The Kier molecular flexibility index (Phi) is 6.00. The van der Waals surface area contributed by atoms with Crippen LogP contribution in [0.15, 0.2) is 18.2 Å². The number of hydrogen-bond donors (Lipinski definition) is 0. The molecule has 3 nitrogen and oxygen atoms in total. The maximum absolute atomic E-state index is 13.3. The van der Waals surface area contributed by atoms with E-state index in [0.29, 0.717) is 5.75 Å². The number of methoxy groups -OCH3 is 1. The lowest BCUT2D eigenvalue weighted by Gasteiger charge is -2.33. The molecule has 0 spiro atoms. The van der Waals surface area contributed by atoms with Crippen molar-refractivity contribution < 1.29 is 9.13 Å². The standard InChI is InChI=1S/C17H27FN2O/c1-19(2)10-8-14-5-4-9-20(12-14)13-15-6-7-16(18)11-17(15)21-3/h6-7,11,14H,4-5,8-10,12-13H2,1-3H3/t14-/m0/s1. The van der Waals surface area contributed by atoms with Gasteiger partial charge in [-0.15, -0.1) is 0 Å². The van der Waals surface area contributed by atoms with E-state index in [0.717, 1.165) is 37.7 Å². The third-order valence-electron chi connectivity index (χ3n) is 4.23. The molecule has 1 saturated heterocycles. The fraction of sp³-hybridized carbons (Fsp3) is 0.647. The minimum absolute atomic E-state index is 0.238. The molecule has 0 radical (unpaired) electrons. The van der Waals surface area contributed by atoms with Gasteiger partial charge in [0.05, 0.1) is 7.11 Å². The van der Waals surface area contributed by atoms with Crippen LogP contribution >= 0.6 is 0 Å². The second kappa shape index (κ2) is 7.76. The first-order valence-corrected chi connectivity index (χ1v) is 7.78. The highest BCUT2D eigenvalue weighted by atomic mass is 19.1. The molecule has 1 aromatic rings. The Balaban J connectivity index is 1.93. The van der Waals surface area contributed by atoms with Crippen molar-refractivity contribution >= 4 is 0 Å². The van der Waals surface area contributed by atoms with E-state index in [-0.39, 0.29) is 5.82 Å². The molecular weight excluding hydrogens is 267 g/mol. The molecule has 0 amide bonds. The molecule has 21 heavy (non-hydrogen) atoms. The van der Waals surface area contributed by atoms with Crippen LogP contribution in [0.4, 0.5) is 4.39 Å². The van der Waals surface area contributed by atoms with Crippen LogP contribution < -0.4 is 4.74 Å². The fourth-order valence-electron chi connectivity index (χ4n) is 3.06. The number of rotatable bonds is 6. The van der Waals surface area contributed by atoms with Crippen LogP contribution in [0.2, 0.25) is 0 Å². The van der Waals surface area contributed by atoms with Crippen LogP contribution in [0.1, 0.15) is 24.8 Å². The van der Waals surface area contributed by atoms with E-state index in [1.165, 1.54) is 31.4 Å². The Hall–Kier alpha value is -1.13. The highest BCUT2D eigenvalue weighted by molar-refractivity contribution is 5.33. The van der Waals surface area contributed by atoms with Crippen LogP contribution in [-0.2, 0) is 6.54 Å². The van der Waals surface area contributed by atoms with Gasteiger partial charge in [0.2, 0.25) is 0 Å². The molecule has 0 aromatic heterocycles. The number of likely N-dealkylation sites (tertiary alicyclic amines) is 1. The van der Waals surface area contributed by atoms with Gasteiger partial charge in [-0.2, -0.15) is 0 Å². The number of ether oxygens (including phenoxy) is 1. The van der Waals surface area contributed by atoms with Gasteiger partial charge in [-0.3, -0.25) is 4.90 Å². The van der Waals surface area contributed by atoms with Crippen molar-refractivity contribution in [3.05, 3.63) is 29.6 Å². The molecule has 0 unspecified atom stereocenters. The largest absolute Gasteiger partial charge is 0.496 e. The van der Waals surface area contributed by atoms with Crippen molar-refractivity contribution in [2.24, 2.45) is 5.92 Å². The molecule has 1 aromatic carbocycles. The Bertz CT molecular complexity index is 450. The second-order valence-electron chi connectivity index (χ2n) is 6.29. The zero-order valence-corrected chi connectivity index (χ0v) is 13.4. The predicted molar refractivity (Wildman–Crippen MR) is 84.1 cm³/mol. The SMILES string of the molecule is COc1cc(F)ccc1CN1CCC[C@@H](CCN(C)C)C1. The van der Waals surface area contributed by atoms with Gasteiger partial charge in [-0.25, -0.2) is 4.39 Å². The first-order chi connectivity index (χ1) is 10.1. The van der Waals surface area contributed by atoms with E-state index >= 15 is 0 Å². The van der Waals surface area contributed by atoms with Gasteiger partial charge in [0.15, 0.2) is 0 Å². The molecule has 4 heteroatoms. The maximum atomic E-state index is 13.3. The number of nitrogens with zero attached hydrogens (tertiary/aromatic N) is 2. The third kappa shape index (κ3) is 4.97. The molecule has 0 bridgehead atoms. The summed E-state index contributed by atoms with van der Waals surface area (Å²) in [5, 5.41) is 0. The number of benzene rings is 1. The molecule has 1 heterocycles. The maximum Gasteiger partial charge on any atom is 0.126 e. The van der Waals surface area contributed by atoms with Crippen LogP contribution in [0.25, 0.3) is 0 Å². The summed E-state index contributed by atoms with van der Waals surface area (Å²) in [6.07, 6.45) is 3.83. The Labute approximate surface area is 127 Å². The lowest BCUT2D eigenvalue weighted by molar-refractivity contribution is 0.153. The average molecular weight is 294 g/mol. The van der Waals surface area contributed by atoms with Gasteiger partial charge in [0.1, 0.15) is 11.6 Å². The van der Waals surface area contributed by atoms with Gasteiger partial charge < -0.3 is 9.64 Å². The van der Waals surface area contributed by atoms with Crippen molar-refractivity contribution in [3.8, 4) is 5.75 Å². The molecule has 1 aliphatic rings. The van der Waals surface area contributed by atoms with Gasteiger partial charge in [-0.1, -0.05) is 6.07 Å². The van der Waals surface area contributed by atoms with Crippen molar-refractivity contribution in [1.29, 1.82) is 0 Å². The Morgan fingerprint density at radius 3 is 2.90 bits per heavy atom. The summed E-state index contributed by atoms with van der Waals surface area (Å²) in [5.41, 5.74) is 1.08. The molecule has 0 saturated carbocycles. The summed E-state index contributed by atoms with van der Waals surface area (Å²) >= 11 is 0. The minimum Gasteiger partial charge on any atom is -0.496 e. The molecule has 2 rings (SSSR count). The summed E-state index contributed by atoms with van der Waals surface area (Å²) < 4.78 is 18.6. The predicted octanol–water partition coefficient (Wildman–Crippen LogP) is 3.00. The van der Waals surface area contributed by atoms with Crippen molar-refractivity contribution in [2.45, 2.75) is 25.8 Å². The number of halogens is 1. The van der Waals surface area contributed by atoms with Crippen LogP contribution in [0, 0.1) is 11.7 Å². The monoisotopic (exact) mass is 294 g/mol. The highest BCUT2D eigenvalue weighted by Gasteiger charge is 2.20. The van der Waals surface area contributed by atoms with E-state index in [2.05, 4.69) is 23.9 Å². The quantitative estimate of drug-likeness (QED) is 0.802. The normalized spacial score (nSPS) is 20.0. The lowest BCUT2D eigenvalue weighted by atomic mass is 9.94. The zero-order valence-electron chi connectivity index (χ0n) is 13.4. The highest BCUT2D eigenvalue weighted by Crippen LogP contribution is 2.25. The van der Waals surface area contributed by atoms with Crippen molar-refractivity contribution in [2.75, 3.05) is 40.8 Å². The summed E-state index contributed by atoms with van der Waals surface area (Å²) in [6.45, 7) is 4.26. The molecule has 0 N–H and O–H groups in total. The smallest absolute Gasteiger partial charge is 0.126 e. The van der Waals surface area contributed by atoms with Crippen LogP contribution in [0.5, 0.6) is 5.75 Å². The Morgan fingerprint density at radius 1 is 1.38 bits per heavy atom. The molecule has 0 aliphatic carbocycles. The molecule has 1 aliphatic heterocycles. The second-order valence-corrected chi connectivity index (χ2v) is 6.29. The zero-order chi connectivity index (χ0) is 15.2. The van der Waals surface area contributed by atoms with Crippen LogP contribution in [0.3, 0.4) is 0 Å². The number of hydrogen-bond acceptors (Lipinski definition) is 3. The molecule has 1 fully saturated rings. The fourth-order valence-corrected chi connectivity index (χ4v) is 3.06. The van der Waals surface area contributed by atoms with Gasteiger partial charge in [0, 0.05) is 24.7 Å². The van der Waals surface area contributed by atoms with E-state index in [4.69, 9.17) is 4.74 Å². The van der Waals surface area contributed by atoms with Crippen molar-refractivity contribution in [3.63, 3.8) is 0 Å². The molecular formula is C17H27FN2O. The van der Waals surface area contributed by atoms with Crippen molar-refractivity contribution in [1.82, 2.24) is 9.80 Å². The van der Waals surface area contributed by atoms with E-state index in [1.54, 1.807) is 7.11 Å². The number of piperidine rings is 1. The van der Waals surface area contributed by atoms with E-state index in [1.807, 2.05) is 6.07 Å². The van der Waals surface area contributed by atoms with Gasteiger partial charge in [-0.05, 0) is 58.4 Å². The topological polar surface area (TPSA) is 15.7 Å². The molecule has 1 atom stereocenters. The first-order valence-electron chi connectivity index (χ1n) is 7.78. The average Bonchev–Trinajstić information content (AvgIpc) is 2.47. The Morgan fingerprint density at radius 2 is 2.19 bits per heavy atom. The van der Waals surface area contributed by atoms with E-state index < -0.39 is 0 Å². The summed E-state index contributed by atoms with van der Waals surface area (Å²) in [7, 11) is 5.86.